The van der Waals surface area contributed by atoms with E-state index in [0.717, 1.165) is 18.5 Å². The van der Waals surface area contributed by atoms with Crippen molar-refractivity contribution in [3.8, 4) is 5.75 Å². The van der Waals surface area contributed by atoms with Gasteiger partial charge in [-0.2, -0.15) is 0 Å². The summed E-state index contributed by atoms with van der Waals surface area (Å²) in [5.74, 6) is 0.406. The Labute approximate surface area is 183 Å². The molecule has 2 heterocycles. The number of ether oxygens (including phenoxy) is 1. The topological polar surface area (TPSA) is 61.9 Å². The molecule has 2 amide bonds. The zero-order valence-corrected chi connectivity index (χ0v) is 18.2. The van der Waals surface area contributed by atoms with Gasteiger partial charge in [-0.05, 0) is 36.6 Å². The van der Waals surface area contributed by atoms with Crippen molar-refractivity contribution in [2.24, 2.45) is 0 Å². The van der Waals surface area contributed by atoms with Gasteiger partial charge in [-0.1, -0.05) is 43.3 Å². The fourth-order valence-corrected chi connectivity index (χ4v) is 4.02. The molecule has 0 radical (unpaired) electrons. The molecule has 1 saturated heterocycles. The van der Waals surface area contributed by atoms with Crippen LogP contribution in [-0.2, 0) is 16.0 Å². The van der Waals surface area contributed by atoms with Gasteiger partial charge in [0, 0.05) is 19.6 Å². The van der Waals surface area contributed by atoms with Gasteiger partial charge < -0.3 is 15.0 Å². The number of piperazine rings is 1. The van der Waals surface area contributed by atoms with Crippen molar-refractivity contribution in [2.75, 3.05) is 31.1 Å². The summed E-state index contributed by atoms with van der Waals surface area (Å²) in [6.07, 6.45) is 0.390. The van der Waals surface area contributed by atoms with E-state index in [4.69, 9.17) is 4.74 Å². The number of hydrogen-bond donors (Lipinski definition) is 1. The number of nitrogens with zero attached hydrogens (tertiary/aromatic N) is 2. The fraction of sp³-hybridized carbons (Fsp3) is 0.391. The van der Waals surface area contributed by atoms with Gasteiger partial charge in [0.2, 0.25) is 5.91 Å². The minimum atomic E-state index is -0.599. The van der Waals surface area contributed by atoms with Crippen LogP contribution in [0.3, 0.4) is 0 Å². The Bertz CT molecular complexity index is 903. The molecule has 2 aromatic rings. The first-order valence-corrected chi connectivity index (χ1v) is 10.2. The van der Waals surface area contributed by atoms with E-state index in [9.17, 15) is 9.59 Å². The highest BCUT2D eigenvalue weighted by Gasteiger charge is 2.35. The van der Waals surface area contributed by atoms with Gasteiger partial charge in [0.05, 0.1) is 11.7 Å². The number of benzene rings is 2. The Hall–Kier alpha value is -2.57. The standard InChI is InChI=1S/C23H27N3O3.ClH/c1-3-17-8-10-18(11-9-17)20-14-24-12-13-25(20)22(27)15-26-19-6-4-5-7-21(19)29-16(2)23(26)28;/h4-11,16,20,24H,3,12-15H2,1-2H3;1H. The van der Waals surface area contributed by atoms with Crippen molar-refractivity contribution < 1.29 is 14.3 Å². The second-order valence-electron chi connectivity index (χ2n) is 7.55. The molecule has 160 valence electrons. The van der Waals surface area contributed by atoms with Crippen molar-refractivity contribution in [1.29, 1.82) is 0 Å². The second-order valence-corrected chi connectivity index (χ2v) is 7.55. The number of aryl methyl sites for hydroxylation is 1. The summed E-state index contributed by atoms with van der Waals surface area (Å²) in [7, 11) is 0. The molecular formula is C23H28ClN3O3. The number of carbonyl (C=O) groups is 2. The van der Waals surface area contributed by atoms with Crippen molar-refractivity contribution in [3.05, 3.63) is 59.7 Å². The molecular weight excluding hydrogens is 402 g/mol. The van der Waals surface area contributed by atoms with Gasteiger partial charge in [0.1, 0.15) is 12.3 Å². The van der Waals surface area contributed by atoms with Crippen molar-refractivity contribution >= 4 is 29.9 Å². The third-order valence-corrected chi connectivity index (χ3v) is 5.70. The van der Waals surface area contributed by atoms with E-state index in [1.807, 2.05) is 29.2 Å². The number of halogens is 1. The summed E-state index contributed by atoms with van der Waals surface area (Å²) in [6, 6.07) is 15.8. The first-order valence-electron chi connectivity index (χ1n) is 10.2. The van der Waals surface area contributed by atoms with E-state index in [2.05, 4.69) is 36.5 Å². The van der Waals surface area contributed by atoms with Crippen LogP contribution < -0.4 is 15.0 Å². The number of rotatable bonds is 4. The van der Waals surface area contributed by atoms with Crippen LogP contribution in [0.4, 0.5) is 5.69 Å². The van der Waals surface area contributed by atoms with Crippen molar-refractivity contribution in [3.63, 3.8) is 0 Å². The fourth-order valence-electron chi connectivity index (χ4n) is 4.02. The van der Waals surface area contributed by atoms with Crippen LogP contribution in [0.1, 0.15) is 31.0 Å². The van der Waals surface area contributed by atoms with Crippen LogP contribution >= 0.6 is 12.4 Å². The van der Waals surface area contributed by atoms with Crippen LogP contribution in [0.15, 0.2) is 48.5 Å². The molecule has 30 heavy (non-hydrogen) atoms. The average Bonchev–Trinajstić information content (AvgIpc) is 2.77. The average molecular weight is 430 g/mol. The molecule has 2 aliphatic rings. The van der Waals surface area contributed by atoms with Gasteiger partial charge in [0.25, 0.3) is 5.91 Å². The van der Waals surface area contributed by atoms with Crippen LogP contribution in [0, 0.1) is 0 Å². The molecule has 2 unspecified atom stereocenters. The molecule has 1 N–H and O–H groups in total. The normalized spacial score (nSPS) is 20.8. The summed E-state index contributed by atoms with van der Waals surface area (Å²) in [5.41, 5.74) is 3.05. The van der Waals surface area contributed by atoms with Gasteiger partial charge in [-0.3, -0.25) is 14.5 Å². The lowest BCUT2D eigenvalue weighted by molar-refractivity contribution is -0.135. The molecule has 0 aromatic heterocycles. The highest BCUT2D eigenvalue weighted by molar-refractivity contribution is 6.03. The summed E-state index contributed by atoms with van der Waals surface area (Å²) in [6.45, 7) is 5.95. The van der Waals surface area contributed by atoms with E-state index in [-0.39, 0.29) is 36.8 Å². The van der Waals surface area contributed by atoms with Gasteiger partial charge in [0.15, 0.2) is 6.10 Å². The maximum Gasteiger partial charge on any atom is 0.268 e. The van der Waals surface area contributed by atoms with Crippen molar-refractivity contribution in [1.82, 2.24) is 10.2 Å². The van der Waals surface area contributed by atoms with E-state index in [0.29, 0.717) is 24.5 Å². The summed E-state index contributed by atoms with van der Waals surface area (Å²) < 4.78 is 5.69. The number of amides is 2. The summed E-state index contributed by atoms with van der Waals surface area (Å²) in [4.78, 5) is 29.5. The number of nitrogens with one attached hydrogen (secondary N) is 1. The first kappa shape index (κ1) is 22.1. The number of hydrogen-bond acceptors (Lipinski definition) is 4. The third kappa shape index (κ3) is 4.30. The molecule has 0 bridgehead atoms. The molecule has 0 aliphatic carbocycles. The summed E-state index contributed by atoms with van der Waals surface area (Å²) >= 11 is 0. The maximum atomic E-state index is 13.3. The molecule has 2 atom stereocenters. The van der Waals surface area contributed by atoms with E-state index < -0.39 is 6.10 Å². The largest absolute Gasteiger partial charge is 0.479 e. The van der Waals surface area contributed by atoms with Crippen molar-refractivity contribution in [2.45, 2.75) is 32.4 Å². The van der Waals surface area contributed by atoms with E-state index in [1.54, 1.807) is 11.8 Å². The number of anilines is 1. The highest BCUT2D eigenvalue weighted by atomic mass is 35.5. The third-order valence-electron chi connectivity index (χ3n) is 5.70. The molecule has 1 fully saturated rings. The highest BCUT2D eigenvalue weighted by Crippen LogP contribution is 2.34. The van der Waals surface area contributed by atoms with Crippen LogP contribution in [0.25, 0.3) is 0 Å². The van der Waals surface area contributed by atoms with E-state index >= 15 is 0 Å². The smallest absolute Gasteiger partial charge is 0.268 e. The Morgan fingerprint density at radius 2 is 1.90 bits per heavy atom. The Morgan fingerprint density at radius 3 is 2.63 bits per heavy atom. The first-order chi connectivity index (χ1) is 14.1. The SMILES string of the molecule is CCc1ccc(C2CNCCN2C(=O)CN2C(=O)C(C)Oc3ccccc32)cc1.Cl. The summed E-state index contributed by atoms with van der Waals surface area (Å²) in [5, 5.41) is 3.39. The quantitative estimate of drug-likeness (QED) is 0.811. The van der Waals surface area contributed by atoms with Gasteiger partial charge >= 0.3 is 0 Å². The predicted octanol–water partition coefficient (Wildman–Crippen LogP) is 2.96. The molecule has 2 aromatic carbocycles. The zero-order valence-electron chi connectivity index (χ0n) is 17.3. The molecule has 2 aliphatic heterocycles. The number of fused-ring (bicyclic) bond motifs is 1. The molecule has 7 heteroatoms. The Kier molecular flexibility index (Phi) is 7.00. The van der Waals surface area contributed by atoms with Gasteiger partial charge in [-0.25, -0.2) is 0 Å². The monoisotopic (exact) mass is 429 g/mol. The predicted molar refractivity (Wildman–Crippen MR) is 119 cm³/mol. The molecule has 0 saturated carbocycles. The zero-order chi connectivity index (χ0) is 20.4. The lowest BCUT2D eigenvalue weighted by Gasteiger charge is -2.39. The van der Waals surface area contributed by atoms with Crippen LogP contribution in [0.5, 0.6) is 5.75 Å². The minimum Gasteiger partial charge on any atom is -0.479 e. The number of para-hydroxylation sites is 2. The second kappa shape index (κ2) is 9.49. The maximum absolute atomic E-state index is 13.3. The minimum absolute atomic E-state index is 0. The van der Waals surface area contributed by atoms with Crippen LogP contribution in [0.2, 0.25) is 0 Å². The Balaban J connectivity index is 0.00000256. The molecule has 6 nitrogen and oxygen atoms in total. The lowest BCUT2D eigenvalue weighted by Crippen LogP contribution is -2.54. The number of carbonyl (C=O) groups excluding carboxylic acids is 2. The van der Waals surface area contributed by atoms with E-state index in [1.165, 1.54) is 5.56 Å². The molecule has 0 spiro atoms. The lowest BCUT2D eigenvalue weighted by atomic mass is 10.0. The molecule has 4 rings (SSSR count). The van der Waals surface area contributed by atoms with Crippen LogP contribution in [-0.4, -0.2) is 49.0 Å². The van der Waals surface area contributed by atoms with Gasteiger partial charge in [-0.15, -0.1) is 12.4 Å². The Morgan fingerprint density at radius 1 is 1.17 bits per heavy atom.